The van der Waals surface area contributed by atoms with Crippen LogP contribution in [0.15, 0.2) is 12.1 Å². The van der Waals surface area contributed by atoms with Crippen molar-refractivity contribution in [1.82, 2.24) is 0 Å². The van der Waals surface area contributed by atoms with Crippen molar-refractivity contribution in [2.24, 2.45) is 0 Å². The number of benzene rings is 1. The molecule has 0 N–H and O–H groups in total. The Kier molecular flexibility index (Phi) is 2.40. The summed E-state index contributed by atoms with van der Waals surface area (Å²) in [7, 11) is 2.72. The zero-order valence-corrected chi connectivity index (χ0v) is 10.3. The number of hydrogen-bond acceptors (Lipinski definition) is 3. The first-order valence-corrected chi connectivity index (χ1v) is 5.39. The highest BCUT2D eigenvalue weighted by Crippen LogP contribution is 2.41. The Morgan fingerprint density at radius 1 is 1.50 bits per heavy atom. The Balaban J connectivity index is 2.53. The third-order valence-corrected chi connectivity index (χ3v) is 3.08. The lowest BCUT2D eigenvalue weighted by molar-refractivity contribution is 0.136. The summed E-state index contributed by atoms with van der Waals surface area (Å²) in [5.74, 6) is 1.53. The van der Waals surface area contributed by atoms with Crippen LogP contribution in [-0.4, -0.2) is 5.60 Å². The van der Waals surface area contributed by atoms with E-state index in [2.05, 4.69) is 36.0 Å². The van der Waals surface area contributed by atoms with Gasteiger partial charge in [0.15, 0.2) is 11.5 Å². The molecule has 1 atom stereocenters. The van der Waals surface area contributed by atoms with Crippen molar-refractivity contribution in [3.05, 3.63) is 17.7 Å². The van der Waals surface area contributed by atoms with Gasteiger partial charge in [0, 0.05) is 24.9 Å². The fourth-order valence-electron chi connectivity index (χ4n) is 1.73. The molecule has 1 aliphatic heterocycles. The summed E-state index contributed by atoms with van der Waals surface area (Å²) in [5.41, 5.74) is 1.06. The Bertz CT molecular complexity index is 377. The lowest BCUT2D eigenvalue weighted by Gasteiger charge is -2.17. The van der Waals surface area contributed by atoms with Gasteiger partial charge < -0.3 is 8.92 Å². The highest BCUT2D eigenvalue weighted by molar-refractivity contribution is 7.75. The molecule has 0 aromatic heterocycles. The molecule has 1 aromatic carbocycles. The second kappa shape index (κ2) is 3.32. The molecular formula is C10H13O2PS. The summed E-state index contributed by atoms with van der Waals surface area (Å²) < 4.78 is 10.8. The summed E-state index contributed by atoms with van der Waals surface area (Å²) in [6, 6.07) is 3.87. The minimum atomic E-state index is -0.143. The first kappa shape index (κ1) is 10.1. The van der Waals surface area contributed by atoms with E-state index in [9.17, 15) is 0 Å². The van der Waals surface area contributed by atoms with Crippen molar-refractivity contribution >= 4 is 27.5 Å². The van der Waals surface area contributed by atoms with Crippen molar-refractivity contribution in [2.75, 3.05) is 0 Å². The number of ether oxygens (including phenoxy) is 1. The van der Waals surface area contributed by atoms with E-state index in [4.69, 9.17) is 8.92 Å². The predicted octanol–water partition coefficient (Wildman–Crippen LogP) is 2.12. The topological polar surface area (TPSA) is 18.5 Å². The Morgan fingerprint density at radius 3 is 2.86 bits per heavy atom. The largest absolute Gasteiger partial charge is 0.483 e. The van der Waals surface area contributed by atoms with Crippen LogP contribution in [0.2, 0.25) is 0 Å². The van der Waals surface area contributed by atoms with E-state index in [-0.39, 0.29) is 5.60 Å². The molecule has 76 valence electrons. The standard InChI is InChI=1S/C10H13O2PS/c1-10(2)5-6-8(13)4-3-7(12-14)9(6)11-10/h3-4,14H,5,13H2,1-2H3. The molecule has 14 heavy (non-hydrogen) atoms. The van der Waals surface area contributed by atoms with Gasteiger partial charge in [-0.25, -0.2) is 0 Å². The lowest BCUT2D eigenvalue weighted by Crippen LogP contribution is -2.25. The fraction of sp³-hybridized carbons (Fsp3) is 0.400. The maximum absolute atomic E-state index is 5.81. The summed E-state index contributed by atoms with van der Waals surface area (Å²) in [6.45, 7) is 4.14. The number of fused-ring (bicyclic) bond motifs is 1. The van der Waals surface area contributed by atoms with E-state index < -0.39 is 0 Å². The summed E-state index contributed by atoms with van der Waals surface area (Å²) in [5, 5.41) is 1.17. The Morgan fingerprint density at radius 2 is 2.21 bits per heavy atom. The summed E-state index contributed by atoms with van der Waals surface area (Å²) in [4.78, 5) is 0. The van der Waals surface area contributed by atoms with Crippen molar-refractivity contribution in [1.29, 1.82) is 0 Å². The van der Waals surface area contributed by atoms with Gasteiger partial charge in [0.25, 0.3) is 0 Å². The van der Waals surface area contributed by atoms with Crippen molar-refractivity contribution in [3.8, 4) is 11.5 Å². The third kappa shape index (κ3) is 1.59. The van der Waals surface area contributed by atoms with Crippen molar-refractivity contribution in [2.45, 2.75) is 25.9 Å². The normalized spacial score (nSPS) is 17.4. The van der Waals surface area contributed by atoms with Crippen LogP contribution in [0, 0.1) is 0 Å². The van der Waals surface area contributed by atoms with Crippen LogP contribution in [0.3, 0.4) is 0 Å². The summed E-state index contributed by atoms with van der Waals surface area (Å²) in [6.07, 6.45) is 0.909. The molecular weight excluding hydrogens is 215 g/mol. The highest BCUT2D eigenvalue weighted by Gasteiger charge is 2.33. The molecule has 4 heteroatoms. The van der Waals surface area contributed by atoms with Crippen molar-refractivity contribution in [3.63, 3.8) is 0 Å². The van der Waals surface area contributed by atoms with Crippen LogP contribution in [0.1, 0.15) is 19.4 Å². The van der Waals surface area contributed by atoms with E-state index in [1.54, 1.807) is 0 Å². The van der Waals surface area contributed by atoms with E-state index in [0.717, 1.165) is 12.2 Å². The third-order valence-electron chi connectivity index (χ3n) is 2.34. The quantitative estimate of drug-likeness (QED) is 0.451. The van der Waals surface area contributed by atoms with Gasteiger partial charge in [-0.15, -0.1) is 9.24 Å². The SMILES string of the molecule is CC1(C)Cc2c(P)ccc(OS)c2O1. The minimum absolute atomic E-state index is 0.143. The van der Waals surface area contributed by atoms with Gasteiger partial charge in [0.2, 0.25) is 0 Å². The van der Waals surface area contributed by atoms with Gasteiger partial charge in [0.05, 0.1) is 0 Å². The molecule has 1 aromatic rings. The minimum Gasteiger partial charge on any atom is -0.483 e. The molecule has 1 heterocycles. The van der Waals surface area contributed by atoms with Crippen LogP contribution in [0.5, 0.6) is 11.5 Å². The zero-order valence-electron chi connectivity index (χ0n) is 8.20. The van der Waals surface area contributed by atoms with Gasteiger partial charge >= 0.3 is 0 Å². The van der Waals surface area contributed by atoms with Gasteiger partial charge in [-0.3, -0.25) is 0 Å². The van der Waals surface area contributed by atoms with Crippen LogP contribution in [0.4, 0.5) is 0 Å². The second-order valence-corrected chi connectivity index (χ2v) is 4.90. The smallest absolute Gasteiger partial charge is 0.179 e. The van der Waals surface area contributed by atoms with Gasteiger partial charge in [-0.05, 0) is 25.2 Å². The molecule has 0 fully saturated rings. The molecule has 0 aliphatic carbocycles. The maximum atomic E-state index is 5.81. The molecule has 0 amide bonds. The van der Waals surface area contributed by atoms with Crippen LogP contribution < -0.4 is 14.2 Å². The number of hydrogen-bond donors (Lipinski definition) is 1. The molecule has 0 spiro atoms. The molecule has 1 aliphatic rings. The average molecular weight is 228 g/mol. The molecule has 1 unspecified atom stereocenters. The first-order valence-electron chi connectivity index (χ1n) is 4.45. The van der Waals surface area contributed by atoms with E-state index >= 15 is 0 Å². The van der Waals surface area contributed by atoms with E-state index in [1.807, 2.05) is 12.1 Å². The monoisotopic (exact) mass is 228 g/mol. The number of rotatable bonds is 1. The molecule has 0 saturated heterocycles. The van der Waals surface area contributed by atoms with Crippen LogP contribution in [0.25, 0.3) is 0 Å². The maximum Gasteiger partial charge on any atom is 0.179 e. The summed E-state index contributed by atoms with van der Waals surface area (Å²) >= 11 is 3.81. The fourth-order valence-corrected chi connectivity index (χ4v) is 2.20. The molecule has 0 bridgehead atoms. The molecule has 0 saturated carbocycles. The second-order valence-electron chi connectivity index (χ2n) is 4.09. The van der Waals surface area contributed by atoms with Crippen LogP contribution >= 0.6 is 22.1 Å². The predicted molar refractivity (Wildman–Crippen MR) is 63.8 cm³/mol. The number of thiol groups is 1. The molecule has 0 radical (unpaired) electrons. The van der Waals surface area contributed by atoms with Gasteiger partial charge in [0.1, 0.15) is 5.60 Å². The van der Waals surface area contributed by atoms with Crippen LogP contribution in [-0.2, 0) is 6.42 Å². The molecule has 2 rings (SSSR count). The van der Waals surface area contributed by atoms with Gasteiger partial charge in [-0.2, -0.15) is 0 Å². The molecule has 2 nitrogen and oxygen atoms in total. The van der Waals surface area contributed by atoms with Crippen molar-refractivity contribution < 1.29 is 8.92 Å². The van der Waals surface area contributed by atoms with Gasteiger partial charge in [-0.1, -0.05) is 6.07 Å². The Hall–Kier alpha value is -0.400. The lowest BCUT2D eigenvalue weighted by atomic mass is 10.0. The Labute approximate surface area is 91.8 Å². The first-order chi connectivity index (χ1) is 6.53. The zero-order chi connectivity index (χ0) is 10.3. The van der Waals surface area contributed by atoms with E-state index in [0.29, 0.717) is 5.75 Å². The average Bonchev–Trinajstić information content (AvgIpc) is 2.42. The highest BCUT2D eigenvalue weighted by atomic mass is 32.1. The van der Waals surface area contributed by atoms with E-state index in [1.165, 1.54) is 10.9 Å².